The van der Waals surface area contributed by atoms with Crippen molar-refractivity contribution in [3.05, 3.63) is 140 Å². The van der Waals surface area contributed by atoms with Crippen LogP contribution in [0.15, 0.2) is 84.9 Å². The van der Waals surface area contributed by atoms with E-state index < -0.39 is 59.3 Å². The first-order chi connectivity index (χ1) is 22.9. The van der Waals surface area contributed by atoms with Gasteiger partial charge in [0.2, 0.25) is 11.6 Å². The van der Waals surface area contributed by atoms with Gasteiger partial charge in [-0.25, -0.2) is 8.78 Å². The van der Waals surface area contributed by atoms with Crippen molar-refractivity contribution in [2.24, 2.45) is 0 Å². The SMILES string of the molecule is O=C(Cc1ccc(Cl)c(F)c1)C(=O)NC1c2ccccc2C[C@@H]1O.O=C(Cc1ccc(Cl)c(F)c1)C(=O)NC1c2ccccc2C[C@H]1O. The molecule has 0 aromatic heterocycles. The van der Waals surface area contributed by atoms with Crippen LogP contribution in [0.3, 0.4) is 0 Å². The van der Waals surface area contributed by atoms with Crippen LogP contribution in [-0.4, -0.2) is 45.8 Å². The summed E-state index contributed by atoms with van der Waals surface area (Å²) in [4.78, 5) is 48.4. The number of benzene rings is 4. The second-order valence-electron chi connectivity index (χ2n) is 11.5. The minimum atomic E-state index is -0.800. The van der Waals surface area contributed by atoms with Gasteiger partial charge >= 0.3 is 0 Å². The largest absolute Gasteiger partial charge is 0.390 e. The van der Waals surface area contributed by atoms with Crippen LogP contribution in [0.2, 0.25) is 10.0 Å². The molecule has 0 radical (unpaired) electrons. The lowest BCUT2D eigenvalue weighted by Crippen LogP contribution is -2.38. The molecule has 0 saturated carbocycles. The third kappa shape index (κ3) is 8.14. The van der Waals surface area contributed by atoms with Gasteiger partial charge in [-0.2, -0.15) is 0 Å². The number of hydrogen-bond donors (Lipinski definition) is 4. The highest BCUT2D eigenvalue weighted by Gasteiger charge is 2.34. The van der Waals surface area contributed by atoms with Crippen LogP contribution >= 0.6 is 23.2 Å². The summed E-state index contributed by atoms with van der Waals surface area (Å²) < 4.78 is 26.8. The molecule has 4 atom stereocenters. The van der Waals surface area contributed by atoms with Crippen molar-refractivity contribution in [1.82, 2.24) is 10.6 Å². The van der Waals surface area contributed by atoms with Crippen molar-refractivity contribution >= 4 is 46.6 Å². The Kier molecular flexibility index (Phi) is 11.0. The molecular weight excluding hydrogens is 665 g/mol. The standard InChI is InChI=1S/2C18H15ClFNO3/c2*19-13-6-5-10(7-14(13)20)8-16(23)18(24)21-17-12-4-2-1-3-11(12)9-15(17)22/h2*1-7,15,17,22H,8-9H2,(H,21,24)/t2*15-,17?/m10/s1. The van der Waals surface area contributed by atoms with E-state index in [1.165, 1.54) is 24.3 Å². The maximum atomic E-state index is 13.4. The molecule has 4 N–H and O–H groups in total. The van der Waals surface area contributed by atoms with E-state index in [0.29, 0.717) is 24.0 Å². The van der Waals surface area contributed by atoms with E-state index in [0.717, 1.165) is 34.4 Å². The van der Waals surface area contributed by atoms with Crippen LogP contribution in [0.5, 0.6) is 0 Å². The van der Waals surface area contributed by atoms with Gasteiger partial charge in [0, 0.05) is 25.7 Å². The smallest absolute Gasteiger partial charge is 0.288 e. The molecule has 2 aliphatic carbocycles. The number of halogens is 4. The molecule has 0 fully saturated rings. The summed E-state index contributed by atoms with van der Waals surface area (Å²) in [5.74, 6) is -4.27. The van der Waals surface area contributed by atoms with Gasteiger partial charge in [0.15, 0.2) is 0 Å². The van der Waals surface area contributed by atoms with Gasteiger partial charge in [0.1, 0.15) is 11.6 Å². The Morgan fingerprint density at radius 2 is 1.00 bits per heavy atom. The summed E-state index contributed by atoms with van der Waals surface area (Å²) in [7, 11) is 0. The zero-order chi connectivity index (χ0) is 34.5. The lowest BCUT2D eigenvalue weighted by Gasteiger charge is -2.17. The van der Waals surface area contributed by atoms with E-state index in [1.54, 1.807) is 0 Å². The van der Waals surface area contributed by atoms with E-state index in [4.69, 9.17) is 23.2 Å². The van der Waals surface area contributed by atoms with E-state index in [9.17, 15) is 38.2 Å². The first kappa shape index (κ1) is 34.8. The molecule has 48 heavy (non-hydrogen) atoms. The van der Waals surface area contributed by atoms with Crippen molar-refractivity contribution in [3.63, 3.8) is 0 Å². The van der Waals surface area contributed by atoms with E-state index >= 15 is 0 Å². The van der Waals surface area contributed by atoms with Gasteiger partial charge in [-0.1, -0.05) is 83.9 Å². The van der Waals surface area contributed by atoms with E-state index in [1.807, 2.05) is 48.5 Å². The van der Waals surface area contributed by atoms with Crippen LogP contribution in [0, 0.1) is 11.6 Å². The fraction of sp³-hybridized carbons (Fsp3) is 0.222. The number of amides is 2. The molecule has 2 amide bonds. The number of ketones is 2. The third-order valence-electron chi connectivity index (χ3n) is 8.19. The number of hydrogen-bond acceptors (Lipinski definition) is 6. The van der Waals surface area contributed by atoms with Crippen LogP contribution < -0.4 is 10.6 Å². The third-order valence-corrected chi connectivity index (χ3v) is 8.80. The zero-order valence-corrected chi connectivity index (χ0v) is 26.8. The van der Waals surface area contributed by atoms with Gasteiger partial charge in [-0.15, -0.1) is 0 Å². The summed E-state index contributed by atoms with van der Waals surface area (Å²) in [6.07, 6.45) is -1.15. The number of rotatable bonds is 8. The highest BCUT2D eigenvalue weighted by atomic mass is 35.5. The number of carbonyl (C=O) groups is 4. The number of fused-ring (bicyclic) bond motifs is 2. The Balaban J connectivity index is 0.000000188. The maximum absolute atomic E-state index is 13.4. The Morgan fingerprint density at radius 3 is 1.38 bits per heavy atom. The fourth-order valence-electron chi connectivity index (χ4n) is 5.77. The second kappa shape index (κ2) is 15.2. The molecule has 6 rings (SSSR count). The van der Waals surface area contributed by atoms with Crippen molar-refractivity contribution in [2.45, 2.75) is 50.0 Å². The highest BCUT2D eigenvalue weighted by Crippen LogP contribution is 2.32. The molecule has 4 aromatic rings. The Hall–Kier alpha value is -4.48. The quantitative estimate of drug-likeness (QED) is 0.197. The van der Waals surface area contributed by atoms with Crippen LogP contribution in [0.25, 0.3) is 0 Å². The zero-order valence-electron chi connectivity index (χ0n) is 25.3. The summed E-state index contributed by atoms with van der Waals surface area (Å²) in [5, 5.41) is 25.3. The Labute approximate surface area is 284 Å². The number of carbonyl (C=O) groups excluding carboxylic acids is 4. The second-order valence-corrected chi connectivity index (χ2v) is 12.4. The fourth-order valence-corrected chi connectivity index (χ4v) is 6.00. The normalized spacial score (nSPS) is 19.0. The highest BCUT2D eigenvalue weighted by molar-refractivity contribution is 6.37. The van der Waals surface area contributed by atoms with Crippen molar-refractivity contribution in [2.75, 3.05) is 0 Å². The summed E-state index contributed by atoms with van der Waals surface area (Å²) in [6.45, 7) is 0. The van der Waals surface area contributed by atoms with Crippen LogP contribution in [0.1, 0.15) is 45.5 Å². The summed E-state index contributed by atoms with van der Waals surface area (Å²) in [5.41, 5.74) is 4.24. The molecule has 0 bridgehead atoms. The van der Waals surface area contributed by atoms with Crippen LogP contribution in [0.4, 0.5) is 8.78 Å². The minimum Gasteiger partial charge on any atom is -0.390 e. The summed E-state index contributed by atoms with van der Waals surface area (Å²) >= 11 is 11.2. The topological polar surface area (TPSA) is 133 Å². The average Bonchev–Trinajstić information content (AvgIpc) is 3.55. The Morgan fingerprint density at radius 1 is 0.625 bits per heavy atom. The number of nitrogens with one attached hydrogen (secondary N) is 2. The van der Waals surface area contributed by atoms with Crippen LogP contribution in [-0.2, 0) is 44.9 Å². The molecule has 0 saturated heterocycles. The molecule has 2 aliphatic rings. The molecule has 0 aliphatic heterocycles. The van der Waals surface area contributed by atoms with Crippen molar-refractivity contribution < 1.29 is 38.2 Å². The predicted molar refractivity (Wildman–Crippen MR) is 174 cm³/mol. The molecule has 2 unspecified atom stereocenters. The molecule has 0 spiro atoms. The molecule has 8 nitrogen and oxygen atoms in total. The number of Topliss-reactive ketones (excluding diaryl/α,β-unsaturated/α-hetero) is 2. The lowest BCUT2D eigenvalue weighted by molar-refractivity contribution is -0.138. The van der Waals surface area contributed by atoms with Crippen molar-refractivity contribution in [1.29, 1.82) is 0 Å². The average molecular weight is 696 g/mol. The first-order valence-corrected chi connectivity index (χ1v) is 15.7. The van der Waals surface area contributed by atoms with Crippen molar-refractivity contribution in [3.8, 4) is 0 Å². The summed E-state index contributed by atoms with van der Waals surface area (Å²) in [6, 6.07) is 21.4. The van der Waals surface area contributed by atoms with Gasteiger partial charge in [-0.3, -0.25) is 19.2 Å². The van der Waals surface area contributed by atoms with E-state index in [-0.39, 0.29) is 22.9 Å². The molecule has 4 aromatic carbocycles. The number of aliphatic hydroxyl groups is 2. The number of aliphatic hydroxyl groups excluding tert-OH is 2. The van der Waals surface area contributed by atoms with Gasteiger partial charge < -0.3 is 20.8 Å². The maximum Gasteiger partial charge on any atom is 0.288 e. The first-order valence-electron chi connectivity index (χ1n) is 15.0. The van der Waals surface area contributed by atoms with Gasteiger partial charge in [0.05, 0.1) is 34.3 Å². The lowest BCUT2D eigenvalue weighted by atomic mass is 10.1. The predicted octanol–water partition coefficient (Wildman–Crippen LogP) is 4.73. The molecule has 12 heteroatoms. The monoisotopic (exact) mass is 694 g/mol. The van der Waals surface area contributed by atoms with Gasteiger partial charge in [0.25, 0.3) is 11.8 Å². The van der Waals surface area contributed by atoms with Gasteiger partial charge in [-0.05, 0) is 57.6 Å². The minimum absolute atomic E-state index is 0.0404. The molecular formula is C36H30Cl2F2N2O6. The van der Waals surface area contributed by atoms with E-state index in [2.05, 4.69) is 10.6 Å². The molecule has 0 heterocycles. The molecule has 248 valence electrons. The Bertz CT molecular complexity index is 1750.